The van der Waals surface area contributed by atoms with E-state index in [9.17, 15) is 0 Å². The molecule has 13 rings (SSSR count). The van der Waals surface area contributed by atoms with Crippen LogP contribution in [-0.2, 0) is 5.41 Å². The second kappa shape index (κ2) is 13.9. The van der Waals surface area contributed by atoms with Crippen molar-refractivity contribution in [1.29, 1.82) is 0 Å². The fraction of sp³-hybridized carbons (Fsp3) is 0.0492. The minimum atomic E-state index is -0.126. The van der Waals surface area contributed by atoms with Crippen LogP contribution in [0.1, 0.15) is 25.0 Å². The van der Waals surface area contributed by atoms with Crippen LogP contribution < -0.4 is 4.90 Å². The van der Waals surface area contributed by atoms with Gasteiger partial charge >= 0.3 is 0 Å². The molecule has 3 nitrogen and oxygen atoms in total. The van der Waals surface area contributed by atoms with Crippen LogP contribution in [0, 0.1) is 0 Å². The van der Waals surface area contributed by atoms with E-state index in [1.54, 1.807) is 0 Å². The highest BCUT2D eigenvalue weighted by Gasteiger charge is 2.37. The van der Waals surface area contributed by atoms with E-state index in [1.807, 2.05) is 0 Å². The lowest BCUT2D eigenvalue weighted by Gasteiger charge is -2.29. The number of nitrogens with zero attached hydrogens (tertiary/aromatic N) is 2. The molecule has 64 heavy (non-hydrogen) atoms. The third-order valence-corrected chi connectivity index (χ3v) is 13.8. The molecule has 0 unspecified atom stereocenters. The van der Waals surface area contributed by atoms with Gasteiger partial charge in [0.15, 0.2) is 0 Å². The molecule has 10 aromatic carbocycles. The van der Waals surface area contributed by atoms with Gasteiger partial charge in [-0.3, -0.25) is 0 Å². The maximum atomic E-state index is 6.59. The van der Waals surface area contributed by atoms with Gasteiger partial charge in [-0.05, 0) is 105 Å². The summed E-state index contributed by atoms with van der Waals surface area (Å²) in [4.78, 5) is 2.44. The summed E-state index contributed by atoms with van der Waals surface area (Å²) in [6.07, 6.45) is 0. The first-order valence-electron chi connectivity index (χ1n) is 22.2. The molecule has 302 valence electrons. The highest BCUT2D eigenvalue weighted by Crippen LogP contribution is 2.54. The molecule has 0 saturated heterocycles. The molecule has 0 spiro atoms. The number of rotatable bonds is 6. The first-order chi connectivity index (χ1) is 31.5. The topological polar surface area (TPSA) is 21.3 Å². The van der Waals surface area contributed by atoms with Gasteiger partial charge < -0.3 is 13.9 Å². The van der Waals surface area contributed by atoms with Gasteiger partial charge in [-0.15, -0.1) is 0 Å². The smallest absolute Gasteiger partial charge is 0.143 e. The summed E-state index contributed by atoms with van der Waals surface area (Å²) in [5.41, 5.74) is 18.5. The van der Waals surface area contributed by atoms with E-state index in [1.165, 1.54) is 55.0 Å². The van der Waals surface area contributed by atoms with Crippen molar-refractivity contribution in [2.45, 2.75) is 19.3 Å². The third-order valence-electron chi connectivity index (χ3n) is 13.8. The Hall–Kier alpha value is -8.14. The van der Waals surface area contributed by atoms with Crippen molar-refractivity contribution in [2.24, 2.45) is 0 Å². The number of para-hydroxylation sites is 3. The third kappa shape index (κ3) is 5.41. The molecular weight excluding hydrogens is 777 g/mol. The zero-order valence-corrected chi connectivity index (χ0v) is 35.6. The van der Waals surface area contributed by atoms with Crippen LogP contribution in [0.4, 0.5) is 17.1 Å². The lowest BCUT2D eigenvalue weighted by Crippen LogP contribution is -2.16. The van der Waals surface area contributed by atoms with Crippen molar-refractivity contribution in [3.63, 3.8) is 0 Å². The molecule has 0 atom stereocenters. The van der Waals surface area contributed by atoms with Crippen molar-refractivity contribution in [1.82, 2.24) is 4.57 Å². The van der Waals surface area contributed by atoms with Crippen LogP contribution in [0.3, 0.4) is 0 Å². The molecule has 2 aromatic heterocycles. The highest BCUT2D eigenvalue weighted by molar-refractivity contribution is 6.15. The summed E-state index contributed by atoms with van der Waals surface area (Å²) in [6.45, 7) is 4.70. The van der Waals surface area contributed by atoms with Crippen molar-refractivity contribution >= 4 is 71.6 Å². The second-order valence-electron chi connectivity index (χ2n) is 17.7. The molecule has 0 aliphatic heterocycles. The van der Waals surface area contributed by atoms with E-state index < -0.39 is 0 Å². The van der Waals surface area contributed by atoms with Crippen LogP contribution in [0.5, 0.6) is 0 Å². The van der Waals surface area contributed by atoms with Gasteiger partial charge in [0.2, 0.25) is 0 Å². The van der Waals surface area contributed by atoms with Crippen LogP contribution in [0.15, 0.2) is 223 Å². The maximum absolute atomic E-state index is 6.59. The number of anilines is 3. The molecule has 0 fully saturated rings. The predicted octanol–water partition coefficient (Wildman–Crippen LogP) is 16.9. The molecule has 0 bridgehead atoms. The monoisotopic (exact) mass is 818 g/mol. The molecule has 2 heterocycles. The van der Waals surface area contributed by atoms with E-state index in [-0.39, 0.29) is 5.41 Å². The minimum absolute atomic E-state index is 0.126. The molecule has 1 aliphatic rings. The van der Waals surface area contributed by atoms with Crippen LogP contribution in [0.25, 0.3) is 93.6 Å². The van der Waals surface area contributed by atoms with E-state index in [2.05, 4.69) is 242 Å². The summed E-state index contributed by atoms with van der Waals surface area (Å²) in [7, 11) is 0. The zero-order valence-electron chi connectivity index (χ0n) is 35.6. The van der Waals surface area contributed by atoms with Gasteiger partial charge in [0, 0.05) is 54.8 Å². The van der Waals surface area contributed by atoms with Crippen LogP contribution >= 0.6 is 0 Å². The van der Waals surface area contributed by atoms with E-state index in [0.717, 1.165) is 66.8 Å². The van der Waals surface area contributed by atoms with Crippen LogP contribution in [-0.4, -0.2) is 4.57 Å². The summed E-state index contributed by atoms with van der Waals surface area (Å²) < 4.78 is 9.01. The van der Waals surface area contributed by atoms with E-state index in [0.29, 0.717) is 0 Å². The van der Waals surface area contributed by atoms with Gasteiger partial charge in [0.05, 0.1) is 22.4 Å². The SMILES string of the molecule is CC1(C)c2ccccc2-c2c(N(c3ccc(-c4ccc5c(c4)oc4c6ccccc6ccc54)cc3)c3ccc(-c4ccccc4-n4c5ccccc5c5ccccc54)cc3)cccc21. The number of aromatic nitrogens is 1. The number of hydrogen-bond acceptors (Lipinski definition) is 2. The number of furan rings is 1. The molecule has 0 amide bonds. The predicted molar refractivity (Wildman–Crippen MR) is 269 cm³/mol. The van der Waals surface area contributed by atoms with Crippen LogP contribution in [0.2, 0.25) is 0 Å². The molecule has 12 aromatic rings. The first kappa shape index (κ1) is 36.5. The van der Waals surface area contributed by atoms with Crippen molar-refractivity contribution in [3.8, 4) is 39.1 Å². The largest absolute Gasteiger partial charge is 0.455 e. The fourth-order valence-corrected chi connectivity index (χ4v) is 10.7. The van der Waals surface area contributed by atoms with Gasteiger partial charge in [0.1, 0.15) is 11.2 Å². The Balaban J connectivity index is 0.937. The van der Waals surface area contributed by atoms with E-state index in [4.69, 9.17) is 4.42 Å². The molecule has 0 saturated carbocycles. The Bertz CT molecular complexity index is 3760. The first-order valence-corrected chi connectivity index (χ1v) is 22.2. The van der Waals surface area contributed by atoms with Crippen molar-refractivity contribution in [2.75, 3.05) is 4.90 Å². The standard InChI is InChI=1S/C61H42N2O/c1-61(2)52-20-9-5-19-51(52)59-53(61)21-13-25-57(59)62(43-32-26-39(27-33-43)42-31-36-49-50-37-30-40-14-3-4-16-46(40)60(50)64-58(49)38-42)44-34-28-41(29-35-44)45-15-6-10-22-54(45)63-55-23-11-7-17-47(55)48-18-8-12-24-56(48)63/h3-38H,1-2H3. The summed E-state index contributed by atoms with van der Waals surface area (Å²) >= 11 is 0. The molecule has 0 N–H and O–H groups in total. The average molecular weight is 819 g/mol. The van der Waals surface area contributed by atoms with E-state index >= 15 is 0 Å². The van der Waals surface area contributed by atoms with Gasteiger partial charge in [-0.25, -0.2) is 0 Å². The molecular formula is C61H42N2O. The lowest BCUT2D eigenvalue weighted by atomic mass is 9.82. The maximum Gasteiger partial charge on any atom is 0.143 e. The Labute approximate surface area is 371 Å². The highest BCUT2D eigenvalue weighted by atomic mass is 16.3. The van der Waals surface area contributed by atoms with Gasteiger partial charge in [-0.2, -0.15) is 0 Å². The summed E-state index contributed by atoms with van der Waals surface area (Å²) in [5, 5.41) is 7.12. The van der Waals surface area contributed by atoms with Crippen molar-refractivity contribution in [3.05, 3.63) is 230 Å². The Morgan fingerprint density at radius 3 is 1.75 bits per heavy atom. The van der Waals surface area contributed by atoms with Gasteiger partial charge in [-0.1, -0.05) is 166 Å². The number of hydrogen-bond donors (Lipinski definition) is 0. The zero-order chi connectivity index (χ0) is 42.5. The molecule has 3 heteroatoms. The Morgan fingerprint density at radius 2 is 1.00 bits per heavy atom. The molecule has 1 aliphatic carbocycles. The normalized spacial score (nSPS) is 13.0. The Morgan fingerprint density at radius 1 is 0.422 bits per heavy atom. The quantitative estimate of drug-likeness (QED) is 0.167. The van der Waals surface area contributed by atoms with Gasteiger partial charge in [0.25, 0.3) is 0 Å². The fourth-order valence-electron chi connectivity index (χ4n) is 10.7. The number of benzene rings is 10. The second-order valence-corrected chi connectivity index (χ2v) is 17.7. The number of fused-ring (bicyclic) bond motifs is 11. The molecule has 0 radical (unpaired) electrons. The van der Waals surface area contributed by atoms with Crippen molar-refractivity contribution < 1.29 is 4.42 Å². The summed E-state index contributed by atoms with van der Waals surface area (Å²) in [6, 6.07) is 79.6. The Kier molecular flexibility index (Phi) is 7.95. The minimum Gasteiger partial charge on any atom is -0.455 e. The summed E-state index contributed by atoms with van der Waals surface area (Å²) in [5.74, 6) is 0. The average Bonchev–Trinajstić information content (AvgIpc) is 3.98. The lowest BCUT2D eigenvalue weighted by molar-refractivity contribution is 0.660.